The highest BCUT2D eigenvalue weighted by Crippen LogP contribution is 2.38. The molecule has 4 aromatic carbocycles. The molecular formula is C68H70Br2N10O9. The Labute approximate surface area is 536 Å². The average Bonchev–Trinajstić information content (AvgIpc) is 1.99. The van der Waals surface area contributed by atoms with Crippen LogP contribution in [0.4, 0.5) is 27.0 Å². The van der Waals surface area contributed by atoms with Crippen molar-refractivity contribution in [3.8, 4) is 63.9 Å². The second-order valence-corrected chi connectivity index (χ2v) is 23.3. The number of nitrogens with zero attached hydrogens (tertiary/aromatic N) is 7. The van der Waals surface area contributed by atoms with Gasteiger partial charge >= 0.3 is 12.2 Å². The summed E-state index contributed by atoms with van der Waals surface area (Å²) >= 11 is 6.80. The average molecular weight is 1330 g/mol. The number of para-hydroxylation sites is 1. The lowest BCUT2D eigenvalue weighted by molar-refractivity contribution is -0.121. The van der Waals surface area contributed by atoms with Gasteiger partial charge in [-0.3, -0.25) is 24.1 Å². The van der Waals surface area contributed by atoms with Crippen LogP contribution in [0, 0.1) is 35.5 Å². The van der Waals surface area contributed by atoms with E-state index in [0.717, 1.165) is 37.6 Å². The molecule has 4 amide bonds. The van der Waals surface area contributed by atoms with E-state index in [0.29, 0.717) is 50.2 Å². The number of likely N-dealkylation sites (N-methyl/N-ethyl adjacent to an activating group) is 2. The first-order chi connectivity index (χ1) is 42.2. The van der Waals surface area contributed by atoms with Crippen LogP contribution < -0.4 is 30.6 Å². The van der Waals surface area contributed by atoms with Gasteiger partial charge in [0.25, 0.3) is 0 Å². The lowest BCUT2D eigenvalue weighted by atomic mass is 10.0. The fourth-order valence-electron chi connectivity index (χ4n) is 7.94. The van der Waals surface area contributed by atoms with Crippen molar-refractivity contribution in [3.63, 3.8) is 0 Å². The monoisotopic (exact) mass is 1330 g/mol. The van der Waals surface area contributed by atoms with Crippen LogP contribution in [0.25, 0.3) is 22.0 Å². The molecule has 4 N–H and O–H groups in total. The van der Waals surface area contributed by atoms with E-state index in [-0.39, 0.29) is 11.6 Å². The Morgan fingerprint density at radius 2 is 0.933 bits per heavy atom. The number of halogens is 2. The molecular weight excluding hydrogens is 1260 g/mol. The topological polar surface area (TPSA) is 227 Å². The largest absolute Gasteiger partial charge is 0.493 e. The smallest absolute Gasteiger partial charge is 0.410 e. The molecule has 0 aliphatic heterocycles. The van der Waals surface area contributed by atoms with E-state index in [1.165, 1.54) is 31.0 Å². The first-order valence-corrected chi connectivity index (χ1v) is 29.3. The molecule has 0 saturated heterocycles. The van der Waals surface area contributed by atoms with E-state index in [4.69, 9.17) is 29.4 Å². The third-order valence-electron chi connectivity index (χ3n) is 12.6. The van der Waals surface area contributed by atoms with Gasteiger partial charge in [0.15, 0.2) is 34.3 Å². The number of nitrogens with one attached hydrogen (secondary N) is 2. The van der Waals surface area contributed by atoms with Gasteiger partial charge in [-0.1, -0.05) is 90.6 Å². The van der Waals surface area contributed by atoms with E-state index in [9.17, 15) is 19.2 Å². The molecule has 4 aromatic heterocycles. The number of nitrogen functional groups attached to an aromatic ring is 1. The highest BCUT2D eigenvalue weighted by Gasteiger charge is 2.30. The summed E-state index contributed by atoms with van der Waals surface area (Å²) in [6.45, 7) is 13.8. The Bertz CT molecular complexity index is 4020. The molecule has 0 aliphatic carbocycles. The predicted molar refractivity (Wildman–Crippen MR) is 353 cm³/mol. The van der Waals surface area contributed by atoms with Gasteiger partial charge in [-0.15, -0.1) is 0 Å². The summed E-state index contributed by atoms with van der Waals surface area (Å²) in [6.07, 6.45) is 0.601. The fourth-order valence-corrected chi connectivity index (χ4v) is 9.09. The van der Waals surface area contributed by atoms with Crippen molar-refractivity contribution in [1.29, 1.82) is 0 Å². The Morgan fingerprint density at radius 3 is 1.35 bits per heavy atom. The zero-order valence-electron chi connectivity index (χ0n) is 52.0. The van der Waals surface area contributed by atoms with Crippen molar-refractivity contribution < 1.29 is 42.9 Å². The quantitative estimate of drug-likeness (QED) is 0.108. The Hall–Kier alpha value is -9.88. The summed E-state index contributed by atoms with van der Waals surface area (Å²) in [5, 5.41) is 10.9. The number of methoxy groups -OCH3 is 3. The van der Waals surface area contributed by atoms with Crippen LogP contribution >= 0.6 is 31.9 Å². The number of hydrogen-bond acceptors (Lipinski definition) is 14. The number of benzene rings is 4. The minimum atomic E-state index is -0.832. The number of rotatable bonds is 10. The van der Waals surface area contributed by atoms with Crippen LogP contribution in [0.5, 0.6) is 17.2 Å². The number of aryl methyl sites for hydroxylation is 1. The van der Waals surface area contributed by atoms with Crippen LogP contribution in [0.1, 0.15) is 89.2 Å². The molecule has 8 aromatic rings. The second-order valence-electron chi connectivity index (χ2n) is 21.6. The van der Waals surface area contributed by atoms with E-state index in [1.54, 1.807) is 98.7 Å². The fraction of sp³-hybridized carbons (Fsp3) is 0.265. The number of anilines is 3. The Balaban J connectivity index is 0.000000228. The van der Waals surface area contributed by atoms with Gasteiger partial charge in [-0.05, 0) is 160 Å². The normalized spacial score (nSPS) is 11.2. The van der Waals surface area contributed by atoms with Crippen LogP contribution in [0.15, 0.2) is 143 Å². The highest BCUT2D eigenvalue weighted by atomic mass is 79.9. The SMILES string of the molecule is COc1c(-c2cccc3cnn(C)c23)cc(NC(=O)C(C)N(C)C(=O)OC(C)(C)C)nc1C#Cc1ccccc1.COc1c(Br)cc(N)nc1C#Cc1ccccc1.COc1c(Br)cc(NC(=O)C(C)N(C)C(=O)OC(C)(C)C)nc1C#Cc1ccccc1. The molecule has 460 valence electrons. The zero-order valence-corrected chi connectivity index (χ0v) is 55.2. The molecule has 0 bridgehead atoms. The van der Waals surface area contributed by atoms with Crippen LogP contribution in [0.2, 0.25) is 0 Å². The number of carbonyl (C=O) groups excluding carboxylic acids is 4. The number of fused-ring (bicyclic) bond motifs is 1. The molecule has 2 unspecified atom stereocenters. The molecule has 8 rings (SSSR count). The molecule has 0 saturated carbocycles. The minimum Gasteiger partial charge on any atom is -0.493 e. The summed E-state index contributed by atoms with van der Waals surface area (Å²) in [4.78, 5) is 66.4. The van der Waals surface area contributed by atoms with E-state index in [1.807, 2.05) is 116 Å². The highest BCUT2D eigenvalue weighted by molar-refractivity contribution is 9.11. The first-order valence-electron chi connectivity index (χ1n) is 27.7. The van der Waals surface area contributed by atoms with Gasteiger partial charge in [0.2, 0.25) is 11.8 Å². The van der Waals surface area contributed by atoms with Crippen molar-refractivity contribution in [3.05, 3.63) is 176 Å². The molecule has 0 fully saturated rings. The van der Waals surface area contributed by atoms with Gasteiger partial charge in [0.05, 0.1) is 42.0 Å². The summed E-state index contributed by atoms with van der Waals surface area (Å²) in [5.41, 5.74) is 10.6. The Kier molecular flexibility index (Phi) is 23.9. The van der Waals surface area contributed by atoms with Crippen molar-refractivity contribution in [2.45, 2.75) is 78.7 Å². The molecule has 2 atom stereocenters. The number of hydrogen-bond donors (Lipinski definition) is 3. The lowest BCUT2D eigenvalue weighted by Crippen LogP contribution is -2.45. The van der Waals surface area contributed by atoms with Crippen molar-refractivity contribution in [2.24, 2.45) is 7.05 Å². The molecule has 19 nitrogen and oxygen atoms in total. The maximum atomic E-state index is 13.3. The van der Waals surface area contributed by atoms with Gasteiger partial charge in [0, 0.05) is 54.3 Å². The third-order valence-corrected chi connectivity index (χ3v) is 13.8. The third kappa shape index (κ3) is 19.6. The lowest BCUT2D eigenvalue weighted by Gasteiger charge is -2.28. The second kappa shape index (κ2) is 31.2. The van der Waals surface area contributed by atoms with E-state index in [2.05, 4.69) is 98.1 Å². The van der Waals surface area contributed by atoms with Crippen LogP contribution in [-0.2, 0) is 26.1 Å². The maximum Gasteiger partial charge on any atom is 0.410 e. The van der Waals surface area contributed by atoms with Crippen LogP contribution in [-0.4, -0.2) is 117 Å². The maximum absolute atomic E-state index is 13.3. The summed E-state index contributed by atoms with van der Waals surface area (Å²) in [5.74, 6) is 19.8. The van der Waals surface area contributed by atoms with Gasteiger partial charge in [-0.2, -0.15) is 5.10 Å². The van der Waals surface area contributed by atoms with Crippen molar-refractivity contribution in [1.82, 2.24) is 34.5 Å². The summed E-state index contributed by atoms with van der Waals surface area (Å²) < 4.78 is 30.3. The molecule has 4 heterocycles. The number of ether oxygens (including phenoxy) is 5. The standard InChI is InChI=1S/C31H33N5O4.C23H26BrN3O4.C14H11BrN2O/c1-20(35(5)30(38)40-31(2,3)4)29(37)34-26-18-24(23-15-11-14-22-19-32-36(6)27(22)23)28(39-7)25(33-26)17-16-21-12-9-8-10-13-21;1-15(27(5)22(29)31-23(2,3)4)21(28)26-19-14-17(24)20(30-6)18(25-19)13-12-16-10-8-7-9-11-16;1-18-14-11(15)9-13(16)17-12(14)8-7-10-5-3-2-4-6-10/h8-15,18-20H,1-7H3,(H,33,34,37);7-11,14-15H,1-6H3,(H,25,26,28);2-6,9H,1H3,(H2,16,17). The molecule has 21 heteroatoms. The molecule has 0 radical (unpaired) electrons. The number of pyridine rings is 3. The van der Waals surface area contributed by atoms with E-state index >= 15 is 0 Å². The van der Waals surface area contributed by atoms with Gasteiger partial charge in [-0.25, -0.2) is 24.5 Å². The Morgan fingerprint density at radius 1 is 0.539 bits per heavy atom. The summed E-state index contributed by atoms with van der Waals surface area (Å²) in [6, 6.07) is 38.0. The number of aromatic nitrogens is 5. The minimum absolute atomic E-state index is 0.266. The van der Waals surface area contributed by atoms with Crippen molar-refractivity contribution >= 4 is 84.2 Å². The van der Waals surface area contributed by atoms with Crippen LogP contribution in [0.3, 0.4) is 0 Å². The number of amides is 4. The predicted octanol–water partition coefficient (Wildman–Crippen LogP) is 12.5. The first kappa shape index (κ1) is 68.2. The summed E-state index contributed by atoms with van der Waals surface area (Å²) in [7, 11) is 9.55. The number of carbonyl (C=O) groups is 4. The zero-order chi connectivity index (χ0) is 65.2. The van der Waals surface area contributed by atoms with Gasteiger partial charge in [0.1, 0.15) is 40.7 Å². The molecule has 89 heavy (non-hydrogen) atoms. The molecule has 0 spiro atoms. The van der Waals surface area contributed by atoms with E-state index < -0.39 is 47.3 Å². The van der Waals surface area contributed by atoms with Gasteiger partial charge < -0.3 is 40.1 Å². The van der Waals surface area contributed by atoms with Crippen molar-refractivity contribution in [2.75, 3.05) is 51.8 Å². The molecule has 0 aliphatic rings. The number of nitrogens with two attached hydrogens (primary N) is 1.